The lowest BCUT2D eigenvalue weighted by Crippen LogP contribution is -2.52. The number of hydrogen-bond donors (Lipinski definition) is 2. The first-order valence-electron chi connectivity index (χ1n) is 7.05. The van der Waals surface area contributed by atoms with Crippen LogP contribution in [0.1, 0.15) is 62.4 Å². The molecule has 1 aromatic rings. The second-order valence-electron chi connectivity index (χ2n) is 5.11. The van der Waals surface area contributed by atoms with Gasteiger partial charge in [0.25, 0.3) is 5.91 Å². The summed E-state index contributed by atoms with van der Waals surface area (Å²) in [5.41, 5.74) is -0.276. The van der Waals surface area contributed by atoms with Crippen LogP contribution >= 0.6 is 0 Å². The van der Waals surface area contributed by atoms with Crippen molar-refractivity contribution < 1.29 is 19.1 Å². The molecular weight excluding hydrogens is 258 g/mol. The Balaban J connectivity index is 2.95. The zero-order valence-corrected chi connectivity index (χ0v) is 12.6. The molecule has 1 atom stereocenters. The number of hydrogen-bond acceptors (Lipinski definition) is 3. The van der Waals surface area contributed by atoms with Crippen LogP contribution < -0.4 is 5.32 Å². The molecule has 1 aromatic heterocycles. The van der Waals surface area contributed by atoms with Gasteiger partial charge in [0.2, 0.25) is 0 Å². The van der Waals surface area contributed by atoms with Gasteiger partial charge in [-0.1, -0.05) is 27.2 Å². The van der Waals surface area contributed by atoms with Gasteiger partial charge in [0.15, 0.2) is 5.76 Å². The molecule has 1 amide bonds. The van der Waals surface area contributed by atoms with E-state index < -0.39 is 17.4 Å². The maximum atomic E-state index is 12.2. The van der Waals surface area contributed by atoms with E-state index >= 15 is 0 Å². The lowest BCUT2D eigenvalue weighted by Gasteiger charge is -2.25. The highest BCUT2D eigenvalue weighted by Gasteiger charge is 2.35. The van der Waals surface area contributed by atoms with E-state index in [0.29, 0.717) is 19.3 Å². The molecule has 0 aliphatic heterocycles. The molecule has 1 rings (SSSR count). The van der Waals surface area contributed by atoms with Crippen LogP contribution in [0.3, 0.4) is 0 Å². The standard InChI is InChI=1S/C15H23NO4/c1-5-8-15(4,14(18)19)16-13(17)12-9-10(6-2)11(7-3)20-12/h9H,5-8H2,1-4H3,(H,16,17)(H,18,19). The first kappa shape index (κ1) is 16.3. The molecule has 0 radical (unpaired) electrons. The Morgan fingerprint density at radius 2 is 1.95 bits per heavy atom. The molecular formula is C15H23NO4. The Morgan fingerprint density at radius 3 is 2.35 bits per heavy atom. The Labute approximate surface area is 119 Å². The van der Waals surface area contributed by atoms with Crippen LogP contribution in [-0.2, 0) is 17.6 Å². The number of aryl methyl sites for hydroxylation is 2. The van der Waals surface area contributed by atoms with Gasteiger partial charge in [-0.2, -0.15) is 0 Å². The van der Waals surface area contributed by atoms with E-state index in [2.05, 4.69) is 5.32 Å². The first-order valence-corrected chi connectivity index (χ1v) is 7.05. The number of aliphatic carboxylic acids is 1. The molecule has 0 bridgehead atoms. The fourth-order valence-electron chi connectivity index (χ4n) is 2.21. The van der Waals surface area contributed by atoms with Crippen LogP contribution in [0.2, 0.25) is 0 Å². The van der Waals surface area contributed by atoms with E-state index in [1.165, 1.54) is 6.92 Å². The number of carbonyl (C=O) groups excluding carboxylic acids is 1. The van der Waals surface area contributed by atoms with Crippen LogP contribution in [-0.4, -0.2) is 22.5 Å². The fourth-order valence-corrected chi connectivity index (χ4v) is 2.21. The largest absolute Gasteiger partial charge is 0.480 e. The molecule has 0 aliphatic rings. The van der Waals surface area contributed by atoms with E-state index in [-0.39, 0.29) is 5.76 Å². The molecule has 0 spiro atoms. The molecule has 1 heterocycles. The van der Waals surface area contributed by atoms with Crippen LogP contribution in [0.5, 0.6) is 0 Å². The van der Waals surface area contributed by atoms with E-state index in [1.807, 2.05) is 20.8 Å². The summed E-state index contributed by atoms with van der Waals surface area (Å²) in [7, 11) is 0. The number of rotatable bonds is 7. The van der Waals surface area contributed by atoms with Crippen molar-refractivity contribution in [3.05, 3.63) is 23.2 Å². The molecule has 1 unspecified atom stereocenters. The molecule has 0 fully saturated rings. The quantitative estimate of drug-likeness (QED) is 0.805. The number of amides is 1. The highest BCUT2D eigenvalue weighted by Crippen LogP contribution is 2.19. The van der Waals surface area contributed by atoms with Crippen molar-refractivity contribution >= 4 is 11.9 Å². The summed E-state index contributed by atoms with van der Waals surface area (Å²) in [4.78, 5) is 23.5. The number of nitrogens with one attached hydrogen (secondary N) is 1. The van der Waals surface area contributed by atoms with Crippen LogP contribution in [0.25, 0.3) is 0 Å². The summed E-state index contributed by atoms with van der Waals surface area (Å²) in [6, 6.07) is 1.70. The van der Waals surface area contributed by atoms with E-state index in [0.717, 1.165) is 17.7 Å². The minimum Gasteiger partial charge on any atom is -0.480 e. The van der Waals surface area contributed by atoms with Gasteiger partial charge in [-0.05, 0) is 31.4 Å². The Hall–Kier alpha value is -1.78. The minimum atomic E-state index is -1.27. The van der Waals surface area contributed by atoms with Gasteiger partial charge in [-0.25, -0.2) is 4.79 Å². The molecule has 0 saturated carbocycles. The summed E-state index contributed by atoms with van der Waals surface area (Å²) < 4.78 is 5.52. The summed E-state index contributed by atoms with van der Waals surface area (Å²) in [6.07, 6.45) is 2.53. The highest BCUT2D eigenvalue weighted by molar-refractivity contribution is 5.95. The monoisotopic (exact) mass is 281 g/mol. The Bertz CT molecular complexity index is 471. The van der Waals surface area contributed by atoms with Gasteiger partial charge in [-0.15, -0.1) is 0 Å². The van der Waals surface area contributed by atoms with Crippen LogP contribution in [0.15, 0.2) is 10.5 Å². The molecule has 0 aromatic carbocycles. The zero-order chi connectivity index (χ0) is 15.3. The smallest absolute Gasteiger partial charge is 0.329 e. The summed E-state index contributed by atoms with van der Waals surface area (Å²) >= 11 is 0. The predicted molar refractivity (Wildman–Crippen MR) is 75.9 cm³/mol. The van der Waals surface area contributed by atoms with Crippen molar-refractivity contribution in [3.63, 3.8) is 0 Å². The summed E-state index contributed by atoms with van der Waals surface area (Å²) in [5.74, 6) is -0.545. The third-order valence-electron chi connectivity index (χ3n) is 3.43. The molecule has 0 saturated heterocycles. The van der Waals surface area contributed by atoms with Gasteiger partial charge in [-0.3, -0.25) is 4.79 Å². The van der Waals surface area contributed by atoms with Crippen molar-refractivity contribution in [2.45, 2.75) is 58.9 Å². The highest BCUT2D eigenvalue weighted by atomic mass is 16.4. The number of carbonyl (C=O) groups is 2. The maximum absolute atomic E-state index is 12.2. The molecule has 0 aliphatic carbocycles. The molecule has 5 nitrogen and oxygen atoms in total. The van der Waals surface area contributed by atoms with Crippen LogP contribution in [0, 0.1) is 0 Å². The molecule has 20 heavy (non-hydrogen) atoms. The normalized spacial score (nSPS) is 13.8. The average Bonchev–Trinajstić information content (AvgIpc) is 2.82. The van der Waals surface area contributed by atoms with Crippen molar-refractivity contribution in [2.24, 2.45) is 0 Å². The van der Waals surface area contributed by atoms with Crippen molar-refractivity contribution in [1.82, 2.24) is 5.32 Å². The second-order valence-corrected chi connectivity index (χ2v) is 5.11. The van der Waals surface area contributed by atoms with Gasteiger partial charge >= 0.3 is 5.97 Å². The summed E-state index contributed by atoms with van der Waals surface area (Å²) in [6.45, 7) is 7.34. The summed E-state index contributed by atoms with van der Waals surface area (Å²) in [5, 5.41) is 11.8. The Morgan fingerprint density at radius 1 is 1.30 bits per heavy atom. The average molecular weight is 281 g/mol. The maximum Gasteiger partial charge on any atom is 0.329 e. The first-order chi connectivity index (χ1) is 9.37. The van der Waals surface area contributed by atoms with Crippen molar-refractivity contribution in [2.75, 3.05) is 0 Å². The topological polar surface area (TPSA) is 79.5 Å². The van der Waals surface area contributed by atoms with E-state index in [1.54, 1.807) is 6.07 Å². The third kappa shape index (κ3) is 3.40. The van der Waals surface area contributed by atoms with Gasteiger partial charge in [0.05, 0.1) is 0 Å². The fraction of sp³-hybridized carbons (Fsp3) is 0.600. The van der Waals surface area contributed by atoms with Crippen molar-refractivity contribution in [3.8, 4) is 0 Å². The van der Waals surface area contributed by atoms with Crippen LogP contribution in [0.4, 0.5) is 0 Å². The predicted octanol–water partition coefficient (Wildman–Crippen LogP) is 2.78. The molecule has 5 heteroatoms. The van der Waals surface area contributed by atoms with Gasteiger partial charge < -0.3 is 14.8 Å². The number of carboxylic acids is 1. The lowest BCUT2D eigenvalue weighted by atomic mass is 9.96. The Kier molecular flexibility index (Phi) is 5.36. The molecule has 112 valence electrons. The van der Waals surface area contributed by atoms with Gasteiger partial charge in [0.1, 0.15) is 11.3 Å². The third-order valence-corrected chi connectivity index (χ3v) is 3.43. The number of furan rings is 1. The number of carboxylic acid groups (broad SMARTS) is 1. The minimum absolute atomic E-state index is 0.183. The zero-order valence-electron chi connectivity index (χ0n) is 12.6. The second kappa shape index (κ2) is 6.59. The van der Waals surface area contributed by atoms with Crippen molar-refractivity contribution in [1.29, 1.82) is 0 Å². The van der Waals surface area contributed by atoms with E-state index in [9.17, 15) is 14.7 Å². The van der Waals surface area contributed by atoms with Gasteiger partial charge in [0, 0.05) is 6.42 Å². The lowest BCUT2D eigenvalue weighted by molar-refractivity contribution is -0.144. The van der Waals surface area contributed by atoms with E-state index in [4.69, 9.17) is 4.42 Å². The molecule has 2 N–H and O–H groups in total. The SMILES string of the molecule is CCCC(C)(NC(=O)c1cc(CC)c(CC)o1)C(=O)O.